The van der Waals surface area contributed by atoms with Crippen molar-refractivity contribution in [2.45, 2.75) is 58.6 Å². The molecule has 0 saturated heterocycles. The molecule has 0 bridgehead atoms. The molecule has 2 unspecified atom stereocenters. The van der Waals surface area contributed by atoms with E-state index in [1.807, 2.05) is 6.07 Å². The molecule has 0 radical (unpaired) electrons. The van der Waals surface area contributed by atoms with E-state index in [-0.39, 0.29) is 11.5 Å². The molecule has 1 aliphatic rings. The lowest BCUT2D eigenvalue weighted by Crippen LogP contribution is -2.40. The first-order chi connectivity index (χ1) is 9.87. The number of hydrogen-bond acceptors (Lipinski definition) is 3. The fourth-order valence-corrected chi connectivity index (χ4v) is 3.12. The molecule has 1 aliphatic carbocycles. The van der Waals surface area contributed by atoms with Crippen molar-refractivity contribution < 1.29 is 9.84 Å². The zero-order valence-corrected chi connectivity index (χ0v) is 13.8. The maximum absolute atomic E-state index is 10.1. The van der Waals surface area contributed by atoms with Gasteiger partial charge in [-0.2, -0.15) is 0 Å². The Hall–Kier alpha value is -1.06. The Labute approximate surface area is 128 Å². The van der Waals surface area contributed by atoms with Crippen LogP contribution in [0.3, 0.4) is 0 Å². The van der Waals surface area contributed by atoms with Crippen molar-refractivity contribution in [3.8, 4) is 5.75 Å². The maximum Gasteiger partial charge on any atom is 0.119 e. The Morgan fingerprint density at radius 1 is 1.33 bits per heavy atom. The van der Waals surface area contributed by atoms with E-state index >= 15 is 0 Å². The van der Waals surface area contributed by atoms with E-state index < -0.39 is 0 Å². The van der Waals surface area contributed by atoms with Crippen molar-refractivity contribution in [2.75, 3.05) is 13.7 Å². The fourth-order valence-electron chi connectivity index (χ4n) is 3.12. The number of benzene rings is 1. The molecule has 2 rings (SSSR count). The summed E-state index contributed by atoms with van der Waals surface area (Å²) < 4.78 is 5.31. The van der Waals surface area contributed by atoms with Crippen LogP contribution < -0.4 is 10.1 Å². The first-order valence-electron chi connectivity index (χ1n) is 7.94. The van der Waals surface area contributed by atoms with Gasteiger partial charge in [-0.05, 0) is 54.4 Å². The first-order valence-corrected chi connectivity index (χ1v) is 7.94. The van der Waals surface area contributed by atoms with E-state index in [4.69, 9.17) is 4.74 Å². The molecule has 0 aromatic heterocycles. The molecule has 21 heavy (non-hydrogen) atoms. The minimum Gasteiger partial charge on any atom is -0.497 e. The van der Waals surface area contributed by atoms with E-state index in [0.29, 0.717) is 12.6 Å². The number of rotatable bonds is 5. The van der Waals surface area contributed by atoms with Gasteiger partial charge in [-0.1, -0.05) is 26.8 Å². The normalized spacial score (nSPS) is 20.0. The molecule has 2 N–H and O–H groups in total. The third-order valence-corrected chi connectivity index (χ3v) is 4.13. The van der Waals surface area contributed by atoms with Gasteiger partial charge in [0.05, 0.1) is 13.2 Å². The van der Waals surface area contributed by atoms with E-state index in [2.05, 4.69) is 38.2 Å². The van der Waals surface area contributed by atoms with Crippen LogP contribution in [0.25, 0.3) is 0 Å². The average molecular weight is 291 g/mol. The molecule has 0 heterocycles. The molecule has 3 heteroatoms. The van der Waals surface area contributed by atoms with Crippen LogP contribution in [-0.4, -0.2) is 30.9 Å². The van der Waals surface area contributed by atoms with Gasteiger partial charge in [-0.25, -0.2) is 0 Å². The van der Waals surface area contributed by atoms with Gasteiger partial charge in [0.2, 0.25) is 0 Å². The van der Waals surface area contributed by atoms with Gasteiger partial charge in [0, 0.05) is 12.6 Å². The molecule has 0 spiro atoms. The second-order valence-electron chi connectivity index (χ2n) is 7.40. The standard InChI is InChI=1S/C18H29NO2/c1-18(2,3)11-16(20)12-19-15-7-5-13-6-8-17(21-4)10-14(13)9-15/h6,8,10,15-16,19-20H,5,7,9,11-12H2,1-4H3. The summed E-state index contributed by atoms with van der Waals surface area (Å²) in [5, 5.41) is 13.6. The Bertz CT molecular complexity index is 465. The highest BCUT2D eigenvalue weighted by molar-refractivity contribution is 5.37. The minimum absolute atomic E-state index is 0.174. The lowest BCUT2D eigenvalue weighted by molar-refractivity contribution is 0.116. The van der Waals surface area contributed by atoms with Gasteiger partial charge in [0.25, 0.3) is 0 Å². The van der Waals surface area contributed by atoms with E-state index in [9.17, 15) is 5.11 Å². The number of nitrogens with one attached hydrogen (secondary N) is 1. The van der Waals surface area contributed by atoms with Crippen LogP contribution in [0, 0.1) is 5.41 Å². The molecular formula is C18H29NO2. The van der Waals surface area contributed by atoms with Crippen LogP contribution in [0.1, 0.15) is 44.7 Å². The summed E-state index contributed by atoms with van der Waals surface area (Å²) in [6.07, 6.45) is 3.83. The zero-order valence-electron chi connectivity index (χ0n) is 13.8. The summed E-state index contributed by atoms with van der Waals surface area (Å²) in [4.78, 5) is 0. The van der Waals surface area contributed by atoms with Gasteiger partial charge in [-0.15, -0.1) is 0 Å². The number of aliphatic hydroxyl groups excluding tert-OH is 1. The molecule has 1 aromatic rings. The van der Waals surface area contributed by atoms with Gasteiger partial charge in [0.15, 0.2) is 0 Å². The first kappa shape index (κ1) is 16.3. The number of methoxy groups -OCH3 is 1. The average Bonchev–Trinajstić information content (AvgIpc) is 2.42. The van der Waals surface area contributed by atoms with Crippen molar-refractivity contribution in [3.63, 3.8) is 0 Å². The summed E-state index contributed by atoms with van der Waals surface area (Å²) >= 11 is 0. The summed E-state index contributed by atoms with van der Waals surface area (Å²) in [6.45, 7) is 7.18. The van der Waals surface area contributed by atoms with Crippen LogP contribution in [0.15, 0.2) is 18.2 Å². The highest BCUT2D eigenvalue weighted by atomic mass is 16.5. The van der Waals surface area contributed by atoms with Gasteiger partial charge >= 0.3 is 0 Å². The summed E-state index contributed by atoms with van der Waals surface area (Å²) in [7, 11) is 1.71. The Balaban J connectivity index is 1.86. The quantitative estimate of drug-likeness (QED) is 0.876. The van der Waals surface area contributed by atoms with Crippen molar-refractivity contribution >= 4 is 0 Å². The van der Waals surface area contributed by atoms with Crippen LogP contribution >= 0.6 is 0 Å². The van der Waals surface area contributed by atoms with Crippen molar-refractivity contribution in [2.24, 2.45) is 5.41 Å². The molecule has 118 valence electrons. The van der Waals surface area contributed by atoms with Gasteiger partial charge < -0.3 is 15.2 Å². The third kappa shape index (κ3) is 5.01. The third-order valence-electron chi connectivity index (χ3n) is 4.13. The number of fused-ring (bicyclic) bond motifs is 1. The summed E-state index contributed by atoms with van der Waals surface area (Å²) in [5.74, 6) is 0.933. The Kier molecular flexibility index (Phi) is 5.28. The fraction of sp³-hybridized carbons (Fsp3) is 0.667. The highest BCUT2D eigenvalue weighted by Crippen LogP contribution is 2.26. The lowest BCUT2D eigenvalue weighted by Gasteiger charge is -2.28. The lowest BCUT2D eigenvalue weighted by atomic mass is 9.87. The largest absolute Gasteiger partial charge is 0.497 e. The molecule has 2 atom stereocenters. The number of ether oxygens (including phenoxy) is 1. The Morgan fingerprint density at radius 3 is 2.76 bits per heavy atom. The van der Waals surface area contributed by atoms with Crippen molar-refractivity contribution in [3.05, 3.63) is 29.3 Å². The highest BCUT2D eigenvalue weighted by Gasteiger charge is 2.21. The molecule has 3 nitrogen and oxygen atoms in total. The van der Waals surface area contributed by atoms with Crippen LogP contribution in [-0.2, 0) is 12.8 Å². The predicted molar refractivity (Wildman–Crippen MR) is 86.9 cm³/mol. The monoisotopic (exact) mass is 291 g/mol. The SMILES string of the molecule is COc1ccc2c(c1)CC(NCC(O)CC(C)(C)C)CC2. The molecular weight excluding hydrogens is 262 g/mol. The van der Waals surface area contributed by atoms with E-state index in [1.165, 1.54) is 11.1 Å². The number of aryl methyl sites for hydroxylation is 1. The zero-order chi connectivity index (χ0) is 15.5. The smallest absolute Gasteiger partial charge is 0.119 e. The van der Waals surface area contributed by atoms with Crippen molar-refractivity contribution in [1.82, 2.24) is 5.32 Å². The van der Waals surface area contributed by atoms with Crippen LogP contribution in [0.5, 0.6) is 5.75 Å². The van der Waals surface area contributed by atoms with Crippen molar-refractivity contribution in [1.29, 1.82) is 0 Å². The number of aliphatic hydroxyl groups is 1. The molecule has 0 fully saturated rings. The predicted octanol–water partition coefficient (Wildman–Crippen LogP) is 2.94. The number of hydrogen-bond donors (Lipinski definition) is 2. The van der Waals surface area contributed by atoms with Gasteiger partial charge in [-0.3, -0.25) is 0 Å². The second kappa shape index (κ2) is 6.80. The summed E-state index contributed by atoms with van der Waals surface area (Å²) in [5.41, 5.74) is 2.99. The molecule has 1 aromatic carbocycles. The molecule has 0 aliphatic heterocycles. The van der Waals surface area contributed by atoms with E-state index in [0.717, 1.165) is 31.4 Å². The maximum atomic E-state index is 10.1. The minimum atomic E-state index is -0.267. The molecule has 0 amide bonds. The topological polar surface area (TPSA) is 41.5 Å². The summed E-state index contributed by atoms with van der Waals surface area (Å²) in [6, 6.07) is 6.83. The van der Waals surface area contributed by atoms with Crippen LogP contribution in [0.2, 0.25) is 0 Å². The van der Waals surface area contributed by atoms with E-state index in [1.54, 1.807) is 7.11 Å². The van der Waals surface area contributed by atoms with Crippen LogP contribution in [0.4, 0.5) is 0 Å². The van der Waals surface area contributed by atoms with Gasteiger partial charge in [0.1, 0.15) is 5.75 Å². The Morgan fingerprint density at radius 2 is 2.10 bits per heavy atom. The second-order valence-corrected chi connectivity index (χ2v) is 7.40. The molecule has 0 saturated carbocycles.